The normalized spacial score (nSPS) is 18.8. The molecule has 0 aromatic heterocycles. The van der Waals surface area contributed by atoms with E-state index >= 15 is 0 Å². The Bertz CT molecular complexity index is 425. The molecule has 0 atom stereocenters. The van der Waals surface area contributed by atoms with Gasteiger partial charge < -0.3 is 10.6 Å². The number of piperidine rings is 1. The molecule has 0 amide bonds. The van der Waals surface area contributed by atoms with E-state index in [4.69, 9.17) is 12.3 Å². The zero-order chi connectivity index (χ0) is 12.3. The lowest BCUT2D eigenvalue weighted by atomic mass is 9.80. The molecule has 3 nitrogen and oxygen atoms in total. The summed E-state index contributed by atoms with van der Waals surface area (Å²) in [5.41, 5.74) is 7.92. The van der Waals surface area contributed by atoms with Crippen molar-refractivity contribution in [3.8, 4) is 0 Å². The van der Waals surface area contributed by atoms with E-state index in [-0.39, 0.29) is 5.41 Å². The minimum absolute atomic E-state index is 0.281. The molecule has 0 aliphatic carbocycles. The van der Waals surface area contributed by atoms with Crippen LogP contribution in [-0.4, -0.2) is 19.6 Å². The monoisotopic (exact) mass is 229 g/mol. The highest BCUT2D eigenvalue weighted by Gasteiger charge is 2.29. The van der Waals surface area contributed by atoms with Crippen molar-refractivity contribution in [1.82, 2.24) is 0 Å². The lowest BCUT2D eigenvalue weighted by Crippen LogP contribution is -2.42. The molecule has 1 saturated heterocycles. The summed E-state index contributed by atoms with van der Waals surface area (Å²) in [6, 6.07) is 7.85. The van der Waals surface area contributed by atoms with Crippen LogP contribution in [0, 0.1) is 12.0 Å². The minimum atomic E-state index is 0.281. The summed E-state index contributed by atoms with van der Waals surface area (Å²) < 4.78 is 0. The molecule has 1 aromatic carbocycles. The van der Waals surface area contributed by atoms with Gasteiger partial charge in [-0.15, -0.1) is 0 Å². The second-order valence-electron chi connectivity index (χ2n) is 5.10. The number of anilines is 1. The van der Waals surface area contributed by atoms with Crippen LogP contribution < -0.4 is 10.6 Å². The standard InChI is InChI=1S/C14H19N3/c1-14(11-15)7-9-17(10-8-14)13-6-4-3-5-12(13)16-2/h3-6H,7-11,15H2,1H3. The smallest absolute Gasteiger partial charge is 0.209 e. The van der Waals surface area contributed by atoms with Crippen molar-refractivity contribution < 1.29 is 0 Å². The molecule has 2 rings (SSSR count). The van der Waals surface area contributed by atoms with E-state index in [0.717, 1.165) is 43.9 Å². The predicted molar refractivity (Wildman–Crippen MR) is 71.3 cm³/mol. The molecule has 1 aliphatic heterocycles. The summed E-state index contributed by atoms with van der Waals surface area (Å²) in [6.45, 7) is 12.2. The van der Waals surface area contributed by atoms with Crippen LogP contribution in [0.3, 0.4) is 0 Å². The summed E-state index contributed by atoms with van der Waals surface area (Å²) in [5.74, 6) is 0. The van der Waals surface area contributed by atoms with Gasteiger partial charge in [-0.1, -0.05) is 25.1 Å². The molecular weight excluding hydrogens is 210 g/mol. The molecule has 1 aromatic rings. The quantitative estimate of drug-likeness (QED) is 0.791. The van der Waals surface area contributed by atoms with Gasteiger partial charge in [0.15, 0.2) is 0 Å². The third-order valence-electron chi connectivity index (χ3n) is 3.81. The van der Waals surface area contributed by atoms with E-state index in [1.54, 1.807) is 0 Å². The molecule has 90 valence electrons. The molecule has 0 unspecified atom stereocenters. The van der Waals surface area contributed by atoms with E-state index in [9.17, 15) is 0 Å². The Morgan fingerprint density at radius 3 is 2.59 bits per heavy atom. The van der Waals surface area contributed by atoms with Gasteiger partial charge in [0.05, 0.1) is 6.57 Å². The van der Waals surface area contributed by atoms with E-state index < -0.39 is 0 Å². The maximum atomic E-state index is 7.20. The zero-order valence-corrected chi connectivity index (χ0v) is 10.3. The highest BCUT2D eigenvalue weighted by molar-refractivity contribution is 5.70. The van der Waals surface area contributed by atoms with Gasteiger partial charge in [0.2, 0.25) is 5.69 Å². The largest absolute Gasteiger partial charge is 0.380 e. The van der Waals surface area contributed by atoms with Crippen molar-refractivity contribution in [2.24, 2.45) is 11.1 Å². The Kier molecular flexibility index (Phi) is 3.35. The van der Waals surface area contributed by atoms with Crippen molar-refractivity contribution in [1.29, 1.82) is 0 Å². The van der Waals surface area contributed by atoms with Crippen LogP contribution in [0.25, 0.3) is 4.85 Å². The number of hydrogen-bond donors (Lipinski definition) is 1. The number of benzene rings is 1. The van der Waals surface area contributed by atoms with Crippen molar-refractivity contribution in [3.63, 3.8) is 0 Å². The van der Waals surface area contributed by atoms with Crippen molar-refractivity contribution in [2.45, 2.75) is 19.8 Å². The first-order chi connectivity index (χ1) is 8.18. The third-order valence-corrected chi connectivity index (χ3v) is 3.81. The Morgan fingerprint density at radius 2 is 2.00 bits per heavy atom. The topological polar surface area (TPSA) is 33.6 Å². The maximum Gasteiger partial charge on any atom is 0.209 e. The van der Waals surface area contributed by atoms with Crippen LogP contribution in [0.15, 0.2) is 24.3 Å². The van der Waals surface area contributed by atoms with Crippen LogP contribution in [0.2, 0.25) is 0 Å². The van der Waals surface area contributed by atoms with Gasteiger partial charge in [-0.05, 0) is 30.9 Å². The lowest BCUT2D eigenvalue weighted by molar-refractivity contribution is 0.258. The predicted octanol–water partition coefficient (Wildman–Crippen LogP) is 2.80. The summed E-state index contributed by atoms with van der Waals surface area (Å²) in [6.07, 6.45) is 2.21. The molecule has 1 fully saturated rings. The fraction of sp³-hybridized carbons (Fsp3) is 0.500. The van der Waals surface area contributed by atoms with Crippen LogP contribution in [-0.2, 0) is 0 Å². The molecule has 2 N–H and O–H groups in total. The molecule has 1 aliphatic rings. The number of nitrogens with zero attached hydrogens (tertiary/aromatic N) is 2. The summed E-state index contributed by atoms with van der Waals surface area (Å²) in [7, 11) is 0. The van der Waals surface area contributed by atoms with Crippen molar-refractivity contribution in [2.75, 3.05) is 24.5 Å². The SMILES string of the molecule is [C-]#[N+]c1ccccc1N1CCC(C)(CN)CC1. The van der Waals surface area contributed by atoms with Crippen molar-refractivity contribution in [3.05, 3.63) is 35.7 Å². The van der Waals surface area contributed by atoms with E-state index in [1.807, 2.05) is 24.3 Å². The average Bonchev–Trinajstić information content (AvgIpc) is 2.40. The van der Waals surface area contributed by atoms with E-state index in [1.165, 1.54) is 0 Å². The Morgan fingerprint density at radius 1 is 1.35 bits per heavy atom. The first-order valence-electron chi connectivity index (χ1n) is 6.10. The molecule has 0 saturated carbocycles. The van der Waals surface area contributed by atoms with Crippen LogP contribution >= 0.6 is 0 Å². The van der Waals surface area contributed by atoms with Crippen LogP contribution in [0.5, 0.6) is 0 Å². The fourth-order valence-corrected chi connectivity index (χ4v) is 2.32. The Hall–Kier alpha value is -1.53. The highest BCUT2D eigenvalue weighted by atomic mass is 15.1. The molecule has 1 heterocycles. The van der Waals surface area contributed by atoms with Gasteiger partial charge in [-0.2, -0.15) is 0 Å². The molecule has 0 spiro atoms. The molecule has 0 bridgehead atoms. The second kappa shape index (κ2) is 4.77. The van der Waals surface area contributed by atoms with Gasteiger partial charge in [0, 0.05) is 18.8 Å². The summed E-state index contributed by atoms with van der Waals surface area (Å²) >= 11 is 0. The zero-order valence-electron chi connectivity index (χ0n) is 10.3. The molecule has 17 heavy (non-hydrogen) atoms. The Balaban J connectivity index is 2.14. The summed E-state index contributed by atoms with van der Waals surface area (Å²) in [4.78, 5) is 5.90. The number of para-hydroxylation sites is 2. The Labute approximate surface area is 103 Å². The fourth-order valence-electron chi connectivity index (χ4n) is 2.32. The highest BCUT2D eigenvalue weighted by Crippen LogP contribution is 2.35. The van der Waals surface area contributed by atoms with Gasteiger partial charge in [-0.3, -0.25) is 0 Å². The summed E-state index contributed by atoms with van der Waals surface area (Å²) in [5, 5.41) is 0. The van der Waals surface area contributed by atoms with E-state index in [0.29, 0.717) is 0 Å². The third kappa shape index (κ3) is 2.42. The van der Waals surface area contributed by atoms with E-state index in [2.05, 4.69) is 16.7 Å². The first-order valence-corrected chi connectivity index (χ1v) is 6.10. The first kappa shape index (κ1) is 11.9. The number of nitrogens with two attached hydrogens (primary N) is 1. The average molecular weight is 229 g/mol. The van der Waals surface area contributed by atoms with Gasteiger partial charge in [0.25, 0.3) is 0 Å². The maximum absolute atomic E-state index is 7.20. The van der Waals surface area contributed by atoms with Gasteiger partial charge in [0.1, 0.15) is 0 Å². The molecule has 0 radical (unpaired) electrons. The lowest BCUT2D eigenvalue weighted by Gasteiger charge is -2.40. The number of hydrogen-bond acceptors (Lipinski definition) is 2. The van der Waals surface area contributed by atoms with Gasteiger partial charge >= 0.3 is 0 Å². The molecular formula is C14H19N3. The number of rotatable bonds is 2. The minimum Gasteiger partial charge on any atom is -0.380 e. The molecule has 3 heteroatoms. The van der Waals surface area contributed by atoms with Crippen molar-refractivity contribution >= 4 is 11.4 Å². The second-order valence-corrected chi connectivity index (χ2v) is 5.10. The van der Waals surface area contributed by atoms with Gasteiger partial charge in [-0.25, -0.2) is 4.85 Å². The van der Waals surface area contributed by atoms with Crippen LogP contribution in [0.4, 0.5) is 11.4 Å². The van der Waals surface area contributed by atoms with Crippen LogP contribution in [0.1, 0.15) is 19.8 Å².